The van der Waals surface area contributed by atoms with Crippen LogP contribution < -0.4 is 5.32 Å². The van der Waals surface area contributed by atoms with Crippen molar-refractivity contribution in [3.8, 4) is 11.1 Å². The molecule has 0 radical (unpaired) electrons. The highest BCUT2D eigenvalue weighted by Crippen LogP contribution is 2.44. The average molecular weight is 465 g/mol. The Morgan fingerprint density at radius 2 is 1.65 bits per heavy atom. The zero-order valence-electron chi connectivity index (χ0n) is 19.9. The van der Waals surface area contributed by atoms with Crippen LogP contribution in [0.3, 0.4) is 0 Å². The molecule has 7 heteroatoms. The topological polar surface area (TPSA) is 95.9 Å². The summed E-state index contributed by atoms with van der Waals surface area (Å²) in [6.07, 6.45) is 0.230. The third-order valence-electron chi connectivity index (χ3n) is 7.00. The first-order valence-corrected chi connectivity index (χ1v) is 11.9. The van der Waals surface area contributed by atoms with E-state index in [1.807, 2.05) is 38.1 Å². The summed E-state index contributed by atoms with van der Waals surface area (Å²) in [6, 6.07) is 15.1. The van der Waals surface area contributed by atoms with Crippen LogP contribution in [-0.4, -0.2) is 53.2 Å². The Kier molecular flexibility index (Phi) is 6.91. The van der Waals surface area contributed by atoms with E-state index in [-0.39, 0.29) is 24.3 Å². The van der Waals surface area contributed by atoms with Crippen molar-refractivity contribution in [3.05, 3.63) is 59.7 Å². The van der Waals surface area contributed by atoms with Crippen LogP contribution in [0, 0.1) is 11.8 Å². The minimum Gasteiger partial charge on any atom is -0.481 e. The number of hydrogen-bond acceptors (Lipinski definition) is 4. The number of nitrogens with zero attached hydrogens (tertiary/aromatic N) is 1. The van der Waals surface area contributed by atoms with Gasteiger partial charge in [-0.15, -0.1) is 0 Å². The van der Waals surface area contributed by atoms with Crippen molar-refractivity contribution >= 4 is 18.0 Å². The molecule has 34 heavy (non-hydrogen) atoms. The monoisotopic (exact) mass is 464 g/mol. The number of nitrogens with one attached hydrogen (secondary N) is 1. The molecule has 2 N–H and O–H groups in total. The first-order chi connectivity index (χ1) is 16.3. The number of carboxylic acid groups (broad SMARTS) is 1. The fraction of sp³-hybridized carbons (Fsp3) is 0.444. The molecule has 180 valence electrons. The summed E-state index contributed by atoms with van der Waals surface area (Å²) in [7, 11) is 0. The van der Waals surface area contributed by atoms with Crippen molar-refractivity contribution in [2.24, 2.45) is 11.8 Å². The summed E-state index contributed by atoms with van der Waals surface area (Å²) < 4.78 is 5.64. The van der Waals surface area contributed by atoms with Crippen molar-refractivity contribution in [2.45, 2.75) is 51.6 Å². The van der Waals surface area contributed by atoms with Gasteiger partial charge in [-0.2, -0.15) is 0 Å². The second kappa shape index (κ2) is 9.87. The molecule has 7 nitrogen and oxygen atoms in total. The second-order valence-corrected chi connectivity index (χ2v) is 9.66. The van der Waals surface area contributed by atoms with Gasteiger partial charge in [-0.05, 0) is 47.9 Å². The summed E-state index contributed by atoms with van der Waals surface area (Å²) in [5.74, 6) is -1.63. The number of amides is 2. The molecular formula is C27H32N2O5. The SMILES string of the molecule is CC(C)CC(NC(=O)OCC1c2ccccc2-c2ccccc21)C(=O)N1CCC(C(=O)O)C1C. The van der Waals surface area contributed by atoms with Crippen molar-refractivity contribution in [3.63, 3.8) is 0 Å². The number of carboxylic acids is 1. The lowest BCUT2D eigenvalue weighted by molar-refractivity contribution is -0.143. The molecule has 1 aliphatic heterocycles. The van der Waals surface area contributed by atoms with Gasteiger partial charge in [0, 0.05) is 18.5 Å². The molecule has 1 heterocycles. The fourth-order valence-corrected chi connectivity index (χ4v) is 5.26. The van der Waals surface area contributed by atoms with Gasteiger partial charge in [0.2, 0.25) is 5.91 Å². The molecule has 1 aliphatic carbocycles. The standard InChI is InChI=1S/C27H32N2O5/c1-16(2)14-24(25(30)29-13-12-18(17(29)3)26(31)32)28-27(33)34-15-23-21-10-6-4-8-19(21)20-9-5-7-11-22(20)23/h4-11,16-18,23-24H,12-15H2,1-3H3,(H,28,33)(H,31,32). The maximum atomic E-state index is 13.2. The van der Waals surface area contributed by atoms with Gasteiger partial charge >= 0.3 is 12.1 Å². The number of alkyl carbamates (subject to hydrolysis) is 1. The van der Waals surface area contributed by atoms with Crippen molar-refractivity contribution in [2.75, 3.05) is 13.2 Å². The molecule has 2 aromatic rings. The van der Waals surface area contributed by atoms with E-state index < -0.39 is 30.1 Å². The third kappa shape index (κ3) is 4.65. The van der Waals surface area contributed by atoms with E-state index >= 15 is 0 Å². The predicted molar refractivity (Wildman–Crippen MR) is 128 cm³/mol. The van der Waals surface area contributed by atoms with E-state index in [9.17, 15) is 19.5 Å². The van der Waals surface area contributed by atoms with Crippen LogP contribution in [0.5, 0.6) is 0 Å². The van der Waals surface area contributed by atoms with Gasteiger partial charge in [-0.3, -0.25) is 9.59 Å². The first-order valence-electron chi connectivity index (χ1n) is 11.9. The number of benzene rings is 2. The number of fused-ring (bicyclic) bond motifs is 3. The highest BCUT2D eigenvalue weighted by molar-refractivity contribution is 5.87. The Hall–Kier alpha value is -3.35. The van der Waals surface area contributed by atoms with Gasteiger partial charge in [0.15, 0.2) is 0 Å². The highest BCUT2D eigenvalue weighted by Gasteiger charge is 2.40. The molecule has 4 rings (SSSR count). The van der Waals surface area contributed by atoms with E-state index in [0.717, 1.165) is 22.3 Å². The van der Waals surface area contributed by atoms with Crippen LogP contribution in [0.15, 0.2) is 48.5 Å². The number of ether oxygens (including phenoxy) is 1. The molecule has 3 unspecified atom stereocenters. The van der Waals surface area contributed by atoms with Crippen LogP contribution in [0.4, 0.5) is 4.79 Å². The minimum atomic E-state index is -0.896. The van der Waals surface area contributed by atoms with Crippen LogP contribution in [0.25, 0.3) is 11.1 Å². The smallest absolute Gasteiger partial charge is 0.407 e. The van der Waals surface area contributed by atoms with Crippen LogP contribution in [-0.2, 0) is 14.3 Å². The van der Waals surface area contributed by atoms with Gasteiger partial charge in [0.1, 0.15) is 12.6 Å². The Morgan fingerprint density at radius 3 is 2.18 bits per heavy atom. The summed E-state index contributed by atoms with van der Waals surface area (Å²) >= 11 is 0. The summed E-state index contributed by atoms with van der Waals surface area (Å²) in [6.45, 7) is 6.26. The van der Waals surface area contributed by atoms with E-state index in [2.05, 4.69) is 29.6 Å². The second-order valence-electron chi connectivity index (χ2n) is 9.66. The third-order valence-corrected chi connectivity index (χ3v) is 7.00. The molecule has 0 aromatic heterocycles. The van der Waals surface area contributed by atoms with Gasteiger partial charge in [-0.25, -0.2) is 4.79 Å². The molecule has 1 saturated heterocycles. The predicted octanol–water partition coefficient (Wildman–Crippen LogP) is 4.26. The van der Waals surface area contributed by atoms with Crippen LogP contribution in [0.1, 0.15) is 50.7 Å². The molecule has 2 amide bonds. The van der Waals surface area contributed by atoms with E-state index in [4.69, 9.17) is 4.74 Å². The lowest BCUT2D eigenvalue weighted by Gasteiger charge is -2.29. The van der Waals surface area contributed by atoms with E-state index in [1.54, 1.807) is 11.8 Å². The Labute approximate surface area is 200 Å². The number of carbonyl (C=O) groups is 3. The van der Waals surface area contributed by atoms with Crippen molar-refractivity contribution in [1.82, 2.24) is 10.2 Å². The van der Waals surface area contributed by atoms with Crippen molar-refractivity contribution < 1.29 is 24.2 Å². The summed E-state index contributed by atoms with van der Waals surface area (Å²) in [5, 5.41) is 12.2. The van der Waals surface area contributed by atoms with E-state index in [0.29, 0.717) is 19.4 Å². The fourth-order valence-electron chi connectivity index (χ4n) is 5.26. The molecule has 2 aromatic carbocycles. The highest BCUT2D eigenvalue weighted by atomic mass is 16.5. The zero-order chi connectivity index (χ0) is 24.4. The molecule has 3 atom stereocenters. The molecule has 0 spiro atoms. The van der Waals surface area contributed by atoms with Crippen LogP contribution >= 0.6 is 0 Å². The maximum Gasteiger partial charge on any atom is 0.407 e. The van der Waals surface area contributed by atoms with Crippen molar-refractivity contribution in [1.29, 1.82) is 0 Å². The van der Waals surface area contributed by atoms with Gasteiger partial charge in [0.05, 0.1) is 5.92 Å². The first kappa shape index (κ1) is 23.8. The quantitative estimate of drug-likeness (QED) is 0.638. The molecule has 0 bridgehead atoms. The molecular weight excluding hydrogens is 432 g/mol. The van der Waals surface area contributed by atoms with Gasteiger partial charge in [0.25, 0.3) is 0 Å². The van der Waals surface area contributed by atoms with E-state index in [1.165, 1.54) is 0 Å². The lowest BCUT2D eigenvalue weighted by Crippen LogP contribution is -2.51. The summed E-state index contributed by atoms with van der Waals surface area (Å²) in [5.41, 5.74) is 4.54. The molecule has 2 aliphatic rings. The normalized spacial score (nSPS) is 20.1. The molecule has 0 saturated carbocycles. The minimum absolute atomic E-state index is 0.0627. The number of hydrogen-bond donors (Lipinski definition) is 2. The Morgan fingerprint density at radius 1 is 1.06 bits per heavy atom. The Balaban J connectivity index is 1.43. The lowest BCUT2D eigenvalue weighted by atomic mass is 9.98. The van der Waals surface area contributed by atoms with Crippen LogP contribution in [0.2, 0.25) is 0 Å². The number of rotatable bonds is 7. The number of likely N-dealkylation sites (tertiary alicyclic amines) is 1. The number of carbonyl (C=O) groups excluding carboxylic acids is 2. The number of aliphatic carboxylic acids is 1. The summed E-state index contributed by atoms with van der Waals surface area (Å²) in [4.78, 5) is 39.1. The maximum absolute atomic E-state index is 13.2. The largest absolute Gasteiger partial charge is 0.481 e. The van der Waals surface area contributed by atoms with Gasteiger partial charge in [-0.1, -0.05) is 62.4 Å². The Bertz CT molecular complexity index is 1040. The van der Waals surface area contributed by atoms with Gasteiger partial charge < -0.3 is 20.1 Å². The average Bonchev–Trinajstić information content (AvgIpc) is 3.34. The zero-order valence-corrected chi connectivity index (χ0v) is 19.9. The molecule has 1 fully saturated rings.